The highest BCUT2D eigenvalue weighted by Crippen LogP contribution is 1.97. The van der Waals surface area contributed by atoms with Gasteiger partial charge < -0.3 is 4.74 Å². The number of unbranched alkanes of at least 4 members (excludes halogenated alkanes) is 2. The lowest BCUT2D eigenvalue weighted by Crippen LogP contribution is -2.29. The van der Waals surface area contributed by atoms with Gasteiger partial charge >= 0.3 is 0 Å². The van der Waals surface area contributed by atoms with Crippen molar-refractivity contribution in [3.05, 3.63) is 0 Å². The van der Waals surface area contributed by atoms with Crippen molar-refractivity contribution in [2.45, 2.75) is 19.3 Å². The third-order valence-corrected chi connectivity index (χ3v) is 3.60. The number of halogens is 1. The number of alkyl halides is 1. The van der Waals surface area contributed by atoms with Crippen LogP contribution in [-0.2, 0) is 14.8 Å². The first-order valence-electron chi connectivity index (χ1n) is 4.64. The molecular weight excluding hydrogens is 270 g/mol. The highest BCUT2D eigenvalue weighted by molar-refractivity contribution is 9.09. The lowest BCUT2D eigenvalue weighted by Gasteiger charge is -2.05. The van der Waals surface area contributed by atoms with Crippen LogP contribution in [0.3, 0.4) is 0 Å². The molecule has 6 heteroatoms. The van der Waals surface area contributed by atoms with Crippen molar-refractivity contribution in [1.29, 1.82) is 0 Å². The van der Waals surface area contributed by atoms with Crippen LogP contribution in [0.4, 0.5) is 0 Å². The van der Waals surface area contributed by atoms with E-state index in [1.165, 1.54) is 7.11 Å². The monoisotopic (exact) mass is 287 g/mol. The van der Waals surface area contributed by atoms with Gasteiger partial charge in [0, 0.05) is 19.0 Å². The molecule has 0 aliphatic carbocycles. The van der Waals surface area contributed by atoms with Crippen LogP contribution >= 0.6 is 15.9 Å². The molecule has 0 aromatic carbocycles. The van der Waals surface area contributed by atoms with Crippen LogP contribution in [0.25, 0.3) is 0 Å². The van der Waals surface area contributed by atoms with Gasteiger partial charge in [-0.2, -0.15) is 0 Å². The number of nitrogens with one attached hydrogen (secondary N) is 1. The maximum Gasteiger partial charge on any atom is 0.213 e. The molecule has 0 spiro atoms. The van der Waals surface area contributed by atoms with Gasteiger partial charge in [0.2, 0.25) is 10.0 Å². The quantitative estimate of drug-likeness (QED) is 0.511. The smallest absolute Gasteiger partial charge is 0.213 e. The van der Waals surface area contributed by atoms with Gasteiger partial charge in [-0.1, -0.05) is 22.4 Å². The largest absolute Gasteiger partial charge is 0.384 e. The van der Waals surface area contributed by atoms with Crippen LogP contribution in [0.15, 0.2) is 0 Å². The van der Waals surface area contributed by atoms with E-state index < -0.39 is 10.0 Å². The van der Waals surface area contributed by atoms with Crippen molar-refractivity contribution < 1.29 is 13.2 Å². The number of methoxy groups -OCH3 is 1. The van der Waals surface area contributed by atoms with E-state index >= 15 is 0 Å². The van der Waals surface area contributed by atoms with E-state index in [1.54, 1.807) is 0 Å². The number of sulfonamides is 1. The maximum atomic E-state index is 11.2. The molecule has 0 amide bonds. The molecule has 0 aromatic heterocycles. The Morgan fingerprint density at radius 3 is 2.57 bits per heavy atom. The fourth-order valence-corrected chi connectivity index (χ4v) is 2.27. The number of ether oxygens (including phenoxy) is 1. The van der Waals surface area contributed by atoms with Gasteiger partial charge in [-0.25, -0.2) is 13.1 Å². The summed E-state index contributed by atoms with van der Waals surface area (Å²) in [6.45, 7) is 0.774. The zero-order valence-corrected chi connectivity index (χ0v) is 10.9. The van der Waals surface area contributed by atoms with Crippen molar-refractivity contribution in [1.82, 2.24) is 4.72 Å². The predicted octanol–water partition coefficient (Wildman–Crippen LogP) is 1.12. The first-order valence-corrected chi connectivity index (χ1v) is 7.42. The van der Waals surface area contributed by atoms with E-state index in [1.807, 2.05) is 0 Å². The van der Waals surface area contributed by atoms with Gasteiger partial charge in [-0.05, 0) is 12.8 Å². The summed E-state index contributed by atoms with van der Waals surface area (Å²) in [4.78, 5) is 0. The van der Waals surface area contributed by atoms with Gasteiger partial charge in [0.05, 0.1) is 12.4 Å². The molecule has 0 aliphatic rings. The number of hydrogen-bond acceptors (Lipinski definition) is 3. The molecule has 0 bridgehead atoms. The fraction of sp³-hybridized carbons (Fsp3) is 1.00. The SMILES string of the molecule is COCCS(=O)(=O)NCCCCCBr. The summed E-state index contributed by atoms with van der Waals surface area (Å²) in [6, 6.07) is 0. The van der Waals surface area contributed by atoms with Crippen LogP contribution in [0, 0.1) is 0 Å². The Hall–Kier alpha value is 0.350. The average molecular weight is 288 g/mol. The average Bonchev–Trinajstić information content (AvgIpc) is 2.15. The van der Waals surface area contributed by atoms with Crippen LogP contribution in [0.2, 0.25) is 0 Å². The molecule has 0 rings (SSSR count). The Kier molecular flexibility index (Phi) is 8.86. The highest BCUT2D eigenvalue weighted by atomic mass is 79.9. The molecule has 0 radical (unpaired) electrons. The molecule has 0 heterocycles. The lowest BCUT2D eigenvalue weighted by molar-refractivity contribution is 0.217. The van der Waals surface area contributed by atoms with Crippen LogP contribution in [0.1, 0.15) is 19.3 Å². The molecule has 0 aromatic rings. The molecule has 14 heavy (non-hydrogen) atoms. The van der Waals surface area contributed by atoms with E-state index in [2.05, 4.69) is 20.7 Å². The Bertz CT molecular complexity index is 219. The predicted molar refractivity (Wildman–Crippen MR) is 61.3 cm³/mol. The van der Waals surface area contributed by atoms with E-state index in [4.69, 9.17) is 4.74 Å². The summed E-state index contributed by atoms with van der Waals surface area (Å²) < 4.78 is 29.7. The minimum Gasteiger partial charge on any atom is -0.384 e. The molecular formula is C8H18BrNO3S. The first-order chi connectivity index (χ1) is 6.62. The van der Waals surface area contributed by atoms with Crippen molar-refractivity contribution in [2.24, 2.45) is 0 Å². The summed E-state index contributed by atoms with van der Waals surface area (Å²) in [5.41, 5.74) is 0. The first kappa shape index (κ1) is 14.3. The van der Waals surface area contributed by atoms with E-state index in [0.29, 0.717) is 6.54 Å². The van der Waals surface area contributed by atoms with Gasteiger partial charge in [-0.15, -0.1) is 0 Å². The molecule has 1 N–H and O–H groups in total. The third-order valence-electron chi connectivity index (χ3n) is 1.69. The van der Waals surface area contributed by atoms with Crippen LogP contribution in [0.5, 0.6) is 0 Å². The van der Waals surface area contributed by atoms with Gasteiger partial charge in [-0.3, -0.25) is 0 Å². The summed E-state index contributed by atoms with van der Waals surface area (Å²) in [5.74, 6) is 0.0436. The Labute approximate surface area is 94.6 Å². The zero-order valence-electron chi connectivity index (χ0n) is 8.46. The molecule has 0 atom stereocenters. The molecule has 0 saturated heterocycles. The van der Waals surface area contributed by atoms with Crippen molar-refractivity contribution in [3.63, 3.8) is 0 Å². The molecule has 86 valence electrons. The summed E-state index contributed by atoms with van der Waals surface area (Å²) in [5, 5.41) is 0.976. The second kappa shape index (κ2) is 8.64. The van der Waals surface area contributed by atoms with E-state index in [0.717, 1.165) is 24.6 Å². The zero-order chi connectivity index (χ0) is 10.9. The Balaban J connectivity index is 3.46. The van der Waals surface area contributed by atoms with E-state index in [9.17, 15) is 8.42 Å². The molecule has 0 unspecified atom stereocenters. The highest BCUT2D eigenvalue weighted by Gasteiger charge is 2.07. The van der Waals surface area contributed by atoms with Crippen LogP contribution < -0.4 is 4.72 Å². The minimum atomic E-state index is -3.12. The third kappa shape index (κ3) is 8.93. The van der Waals surface area contributed by atoms with Gasteiger partial charge in [0.25, 0.3) is 0 Å². The molecule has 0 saturated carbocycles. The standard InChI is InChI=1S/C8H18BrNO3S/c1-13-7-8-14(11,12)10-6-4-2-3-5-9/h10H,2-8H2,1H3. The summed E-state index contributed by atoms with van der Waals surface area (Å²) >= 11 is 3.32. The Morgan fingerprint density at radius 2 is 2.00 bits per heavy atom. The van der Waals surface area contributed by atoms with Gasteiger partial charge in [0.1, 0.15) is 0 Å². The molecule has 4 nitrogen and oxygen atoms in total. The topological polar surface area (TPSA) is 55.4 Å². The summed E-state index contributed by atoms with van der Waals surface area (Å²) in [7, 11) is -1.63. The number of rotatable bonds is 9. The van der Waals surface area contributed by atoms with E-state index in [-0.39, 0.29) is 12.4 Å². The normalized spacial score (nSPS) is 11.9. The molecule has 0 aliphatic heterocycles. The Morgan fingerprint density at radius 1 is 1.29 bits per heavy atom. The minimum absolute atomic E-state index is 0.0436. The fourth-order valence-electron chi connectivity index (χ4n) is 0.889. The lowest BCUT2D eigenvalue weighted by atomic mass is 10.3. The van der Waals surface area contributed by atoms with Gasteiger partial charge in [0.15, 0.2) is 0 Å². The summed E-state index contributed by atoms with van der Waals surface area (Å²) in [6.07, 6.45) is 3.01. The van der Waals surface area contributed by atoms with Crippen molar-refractivity contribution >= 4 is 26.0 Å². The second-order valence-corrected chi connectivity index (χ2v) is 5.68. The maximum absolute atomic E-state index is 11.2. The van der Waals surface area contributed by atoms with Crippen molar-refractivity contribution in [3.8, 4) is 0 Å². The molecule has 0 fully saturated rings. The number of hydrogen-bond donors (Lipinski definition) is 1. The van der Waals surface area contributed by atoms with Crippen molar-refractivity contribution in [2.75, 3.05) is 31.3 Å². The second-order valence-electron chi connectivity index (χ2n) is 2.96. The van der Waals surface area contributed by atoms with Crippen LogP contribution in [-0.4, -0.2) is 39.8 Å².